The summed E-state index contributed by atoms with van der Waals surface area (Å²) in [5.41, 5.74) is 1.91. The minimum absolute atomic E-state index is 0.00830. The Morgan fingerprint density at radius 3 is 2.53 bits per heavy atom. The van der Waals surface area contributed by atoms with Crippen LogP contribution in [0.15, 0.2) is 55.1 Å². The molecule has 0 radical (unpaired) electrons. The number of anilines is 1. The van der Waals surface area contributed by atoms with Gasteiger partial charge in [-0.15, -0.1) is 5.10 Å². The molecular weight excluding hydrogens is 483 g/mol. The van der Waals surface area contributed by atoms with Crippen molar-refractivity contribution in [2.75, 3.05) is 11.4 Å². The number of rotatable bonds is 4. The predicted octanol–water partition coefficient (Wildman–Crippen LogP) is 4.80. The van der Waals surface area contributed by atoms with Crippen LogP contribution >= 0.6 is 0 Å². The number of alkyl halides is 3. The Hall–Kier alpha value is -4.09. The number of hydrogen-bond acceptors (Lipinski definition) is 4. The van der Waals surface area contributed by atoms with E-state index in [0.717, 1.165) is 17.8 Å². The first-order chi connectivity index (χ1) is 17.1. The maximum atomic E-state index is 14.8. The van der Waals surface area contributed by atoms with Gasteiger partial charge in [0.05, 0.1) is 23.9 Å². The number of fused-ring (bicyclic) bond motifs is 1. The lowest BCUT2D eigenvalue weighted by Gasteiger charge is -2.26. The zero-order valence-corrected chi connectivity index (χ0v) is 18.9. The van der Waals surface area contributed by atoms with E-state index in [1.165, 1.54) is 40.0 Å². The van der Waals surface area contributed by atoms with Crippen LogP contribution in [0.2, 0.25) is 0 Å². The van der Waals surface area contributed by atoms with Gasteiger partial charge in [0.2, 0.25) is 0 Å². The van der Waals surface area contributed by atoms with Crippen molar-refractivity contribution >= 4 is 11.6 Å². The average molecular weight is 502 g/mol. The lowest BCUT2D eigenvalue weighted by molar-refractivity contribution is -0.134. The summed E-state index contributed by atoms with van der Waals surface area (Å²) in [6, 6.07) is 6.63. The fourth-order valence-corrected chi connectivity index (χ4v) is 4.31. The normalized spacial score (nSPS) is 16.2. The van der Waals surface area contributed by atoms with Gasteiger partial charge in [-0.25, -0.2) is 18.4 Å². The number of carbonyl (C=O) groups is 1. The highest BCUT2D eigenvalue weighted by molar-refractivity contribution is 5.97. The summed E-state index contributed by atoms with van der Waals surface area (Å²) in [5, 5.41) is 7.97. The zero-order valence-electron chi connectivity index (χ0n) is 18.9. The summed E-state index contributed by atoms with van der Waals surface area (Å²) in [6.07, 6.45) is 0.110. The van der Waals surface area contributed by atoms with Crippen LogP contribution in [0.5, 0.6) is 0 Å². The van der Waals surface area contributed by atoms with E-state index in [-0.39, 0.29) is 29.9 Å². The second-order valence-electron chi connectivity index (χ2n) is 8.54. The molecule has 7 nitrogen and oxygen atoms in total. The molecule has 0 fully saturated rings. The lowest BCUT2D eigenvalue weighted by Crippen LogP contribution is -2.42. The highest BCUT2D eigenvalue weighted by Crippen LogP contribution is 2.34. The molecule has 5 rings (SSSR count). The second-order valence-corrected chi connectivity index (χ2v) is 8.54. The van der Waals surface area contributed by atoms with E-state index in [1.54, 1.807) is 19.2 Å². The number of nitrogens with zero attached hydrogens (tertiary/aromatic N) is 6. The number of benzene rings is 2. The number of carbonyl (C=O) groups excluding carboxylic acids is 1. The van der Waals surface area contributed by atoms with Crippen molar-refractivity contribution in [1.82, 2.24) is 24.5 Å². The van der Waals surface area contributed by atoms with Crippen molar-refractivity contribution in [2.45, 2.75) is 32.0 Å². The van der Waals surface area contributed by atoms with Crippen LogP contribution in [0, 0.1) is 18.6 Å². The smallest absolute Gasteiger partial charge is 0.303 e. The van der Waals surface area contributed by atoms with Crippen molar-refractivity contribution in [3.8, 4) is 16.9 Å². The Morgan fingerprint density at radius 1 is 1.06 bits per heavy atom. The molecule has 36 heavy (non-hydrogen) atoms. The van der Waals surface area contributed by atoms with E-state index in [4.69, 9.17) is 0 Å². The minimum atomic E-state index is -4.67. The molecule has 1 aliphatic rings. The van der Waals surface area contributed by atoms with Gasteiger partial charge in [-0.1, -0.05) is 11.3 Å². The summed E-state index contributed by atoms with van der Waals surface area (Å²) in [6.45, 7) is 0.254. The number of aromatic nitrogens is 5. The maximum absolute atomic E-state index is 14.8. The predicted molar refractivity (Wildman–Crippen MR) is 119 cm³/mol. The molecule has 0 N–H and O–H groups in total. The molecule has 0 bridgehead atoms. The van der Waals surface area contributed by atoms with Gasteiger partial charge in [-0.3, -0.25) is 4.79 Å². The third-order valence-corrected chi connectivity index (χ3v) is 5.97. The Kier molecular flexibility index (Phi) is 5.81. The first-order valence-corrected chi connectivity index (χ1v) is 11.0. The fraction of sp³-hybridized carbons (Fsp3) is 0.250. The Balaban J connectivity index is 1.46. The van der Waals surface area contributed by atoms with Crippen LogP contribution in [0.25, 0.3) is 16.9 Å². The highest BCUT2D eigenvalue weighted by Gasteiger charge is 2.39. The zero-order chi connectivity index (χ0) is 25.6. The Labute approximate surface area is 201 Å². The number of halogens is 5. The summed E-state index contributed by atoms with van der Waals surface area (Å²) in [7, 11) is 0. The highest BCUT2D eigenvalue weighted by atomic mass is 19.4. The fourth-order valence-electron chi connectivity index (χ4n) is 4.31. The average Bonchev–Trinajstić information content (AvgIpc) is 3.44. The molecule has 3 heterocycles. The molecule has 0 saturated carbocycles. The molecule has 1 aliphatic heterocycles. The molecule has 0 saturated heterocycles. The molecule has 1 amide bonds. The Morgan fingerprint density at radius 2 is 1.83 bits per heavy atom. The maximum Gasteiger partial charge on any atom is 0.406 e. The van der Waals surface area contributed by atoms with E-state index in [9.17, 15) is 26.7 Å². The molecule has 1 atom stereocenters. The summed E-state index contributed by atoms with van der Waals surface area (Å²) < 4.78 is 71.3. The second kappa shape index (κ2) is 8.85. The first kappa shape index (κ1) is 23.6. The van der Waals surface area contributed by atoms with Crippen LogP contribution in [-0.4, -0.2) is 43.2 Å². The molecule has 0 aliphatic carbocycles. The van der Waals surface area contributed by atoms with Crippen LogP contribution < -0.4 is 4.90 Å². The molecule has 0 unspecified atom stereocenters. The van der Waals surface area contributed by atoms with Gasteiger partial charge in [0.15, 0.2) is 0 Å². The van der Waals surface area contributed by atoms with Crippen molar-refractivity contribution in [2.24, 2.45) is 0 Å². The van der Waals surface area contributed by atoms with Crippen molar-refractivity contribution in [3.63, 3.8) is 0 Å². The lowest BCUT2D eigenvalue weighted by atomic mass is 10.1. The van der Waals surface area contributed by atoms with E-state index in [2.05, 4.69) is 15.3 Å². The van der Waals surface area contributed by atoms with Gasteiger partial charge in [-0.2, -0.15) is 13.2 Å². The summed E-state index contributed by atoms with van der Waals surface area (Å²) >= 11 is 0. The SMILES string of the molecule is Cc1cn(-c2ccc(-c3cn([C@H]4CCc5cc(F)ccc5N(CC(F)(F)F)C4=O)nn3)cc2F)cn1. The molecule has 0 spiro atoms. The molecule has 2 aromatic carbocycles. The van der Waals surface area contributed by atoms with Crippen LogP contribution in [0.4, 0.5) is 27.6 Å². The number of aryl methyl sites for hydroxylation is 2. The molecule has 2 aromatic heterocycles. The van der Waals surface area contributed by atoms with Crippen LogP contribution in [-0.2, 0) is 11.2 Å². The van der Waals surface area contributed by atoms with Gasteiger partial charge in [0, 0.05) is 17.4 Å². The summed E-state index contributed by atoms with van der Waals surface area (Å²) in [5.74, 6) is -1.99. The summed E-state index contributed by atoms with van der Waals surface area (Å²) in [4.78, 5) is 17.9. The minimum Gasteiger partial charge on any atom is -0.303 e. The van der Waals surface area contributed by atoms with E-state index < -0.39 is 36.3 Å². The third-order valence-electron chi connectivity index (χ3n) is 5.97. The topological polar surface area (TPSA) is 68.8 Å². The van der Waals surface area contributed by atoms with E-state index in [0.29, 0.717) is 16.0 Å². The molecular formula is C24H19F5N6O. The standard InChI is InChI=1S/C24H19F5N6O/c1-14-10-33(13-30-14)21-5-2-15(9-18(21)26)19-11-35(32-31-19)22-6-3-16-8-17(25)4-7-20(16)34(23(22)36)12-24(27,28)29/h2,4-5,7-11,13,22H,3,6,12H2,1H3/t22-/m0/s1. The monoisotopic (exact) mass is 502 g/mol. The molecule has 4 aromatic rings. The van der Waals surface area contributed by atoms with Gasteiger partial charge in [0.25, 0.3) is 5.91 Å². The van der Waals surface area contributed by atoms with Crippen molar-refractivity contribution in [1.29, 1.82) is 0 Å². The quantitative estimate of drug-likeness (QED) is 0.376. The van der Waals surface area contributed by atoms with E-state index >= 15 is 0 Å². The van der Waals surface area contributed by atoms with Crippen molar-refractivity contribution < 1.29 is 26.7 Å². The number of imidazole rings is 1. The van der Waals surface area contributed by atoms with E-state index in [1.807, 2.05) is 0 Å². The van der Waals surface area contributed by atoms with Crippen LogP contribution in [0.1, 0.15) is 23.7 Å². The Bertz CT molecular complexity index is 1440. The molecule has 186 valence electrons. The van der Waals surface area contributed by atoms with Crippen molar-refractivity contribution in [3.05, 3.63) is 78.0 Å². The number of hydrogen-bond donors (Lipinski definition) is 0. The van der Waals surface area contributed by atoms with Gasteiger partial charge < -0.3 is 9.47 Å². The van der Waals surface area contributed by atoms with Gasteiger partial charge in [0.1, 0.15) is 29.9 Å². The largest absolute Gasteiger partial charge is 0.406 e. The van der Waals surface area contributed by atoms with Gasteiger partial charge in [-0.05, 0) is 55.7 Å². The first-order valence-electron chi connectivity index (χ1n) is 11.0. The molecule has 12 heteroatoms. The van der Waals surface area contributed by atoms with Crippen LogP contribution in [0.3, 0.4) is 0 Å². The van der Waals surface area contributed by atoms with Gasteiger partial charge >= 0.3 is 6.18 Å². The third kappa shape index (κ3) is 4.58. The number of amides is 1.